The van der Waals surface area contributed by atoms with Gasteiger partial charge in [0.15, 0.2) is 0 Å². The highest BCUT2D eigenvalue weighted by Crippen LogP contribution is 2.33. The van der Waals surface area contributed by atoms with Crippen molar-refractivity contribution in [2.75, 3.05) is 6.54 Å². The van der Waals surface area contributed by atoms with Crippen LogP contribution < -0.4 is 10.5 Å². The molecule has 0 saturated carbocycles. The molecule has 0 unspecified atom stereocenters. The van der Waals surface area contributed by atoms with E-state index >= 15 is 0 Å². The van der Waals surface area contributed by atoms with Crippen LogP contribution in [0.1, 0.15) is 10.4 Å². The summed E-state index contributed by atoms with van der Waals surface area (Å²) in [6.07, 6.45) is 0.694. The Kier molecular flexibility index (Phi) is 4.89. The van der Waals surface area contributed by atoms with E-state index in [1.807, 2.05) is 23.6 Å². The largest absolute Gasteiger partial charge is 0.486 e. The molecule has 0 bridgehead atoms. The summed E-state index contributed by atoms with van der Waals surface area (Å²) in [5.74, 6) is 0.680. The smallest absolute Gasteiger partial charge is 0.141 e. The Bertz CT molecular complexity index is 514. The maximum Gasteiger partial charge on any atom is 0.141 e. The van der Waals surface area contributed by atoms with Gasteiger partial charge < -0.3 is 10.5 Å². The molecule has 0 spiro atoms. The van der Waals surface area contributed by atoms with Gasteiger partial charge in [-0.2, -0.15) is 0 Å². The molecule has 2 nitrogen and oxygen atoms in total. The van der Waals surface area contributed by atoms with Crippen LogP contribution >= 0.6 is 34.5 Å². The Morgan fingerprint density at radius 1 is 1.28 bits per heavy atom. The highest BCUT2D eigenvalue weighted by atomic mass is 35.5. The molecule has 1 aromatic carbocycles. The summed E-state index contributed by atoms with van der Waals surface area (Å²) in [6.45, 7) is 1.04. The van der Waals surface area contributed by atoms with Crippen LogP contribution in [0.3, 0.4) is 0 Å². The van der Waals surface area contributed by atoms with E-state index in [-0.39, 0.29) is 0 Å². The lowest BCUT2D eigenvalue weighted by Crippen LogP contribution is -2.05. The number of halogens is 2. The molecule has 5 heteroatoms. The van der Waals surface area contributed by atoms with Crippen molar-refractivity contribution >= 4 is 34.5 Å². The molecule has 0 saturated heterocycles. The monoisotopic (exact) mass is 301 g/mol. The second kappa shape index (κ2) is 6.43. The maximum absolute atomic E-state index is 6.16. The molecule has 2 N–H and O–H groups in total. The molecule has 2 rings (SSSR count). The topological polar surface area (TPSA) is 35.2 Å². The van der Waals surface area contributed by atoms with Gasteiger partial charge in [-0.1, -0.05) is 29.3 Å². The van der Waals surface area contributed by atoms with Crippen LogP contribution in [0.5, 0.6) is 5.75 Å². The van der Waals surface area contributed by atoms with E-state index in [1.54, 1.807) is 17.4 Å². The van der Waals surface area contributed by atoms with E-state index in [0.717, 1.165) is 10.4 Å². The quantitative estimate of drug-likeness (QED) is 0.901. The molecule has 0 atom stereocenters. The summed E-state index contributed by atoms with van der Waals surface area (Å²) in [6, 6.07) is 7.56. The summed E-state index contributed by atoms with van der Waals surface area (Å²) < 4.78 is 5.78. The fraction of sp³-hybridized carbons (Fsp3) is 0.231. The molecule has 2 aromatic rings. The second-order valence-electron chi connectivity index (χ2n) is 3.78. The standard InChI is InChI=1S/C13H13Cl2NOS/c14-10-6-9(3-4-16)13(12(15)7-10)17-8-11-2-1-5-18-11/h1-2,5-7H,3-4,8,16H2. The third-order valence-corrected chi connectivity index (χ3v) is 3.79. The minimum Gasteiger partial charge on any atom is -0.486 e. The Morgan fingerprint density at radius 3 is 2.78 bits per heavy atom. The summed E-state index contributed by atoms with van der Waals surface area (Å²) >= 11 is 13.8. The molecule has 1 heterocycles. The summed E-state index contributed by atoms with van der Waals surface area (Å²) in [5.41, 5.74) is 6.53. The molecule has 0 radical (unpaired) electrons. The second-order valence-corrected chi connectivity index (χ2v) is 5.66. The molecule has 0 aliphatic carbocycles. The lowest BCUT2D eigenvalue weighted by atomic mass is 10.1. The minimum absolute atomic E-state index is 0.511. The van der Waals surface area contributed by atoms with Gasteiger partial charge in [-0.15, -0.1) is 11.3 Å². The predicted octanol–water partition coefficient (Wildman–Crippen LogP) is 4.14. The molecular weight excluding hydrogens is 289 g/mol. The van der Waals surface area contributed by atoms with Crippen molar-refractivity contribution in [3.05, 3.63) is 50.1 Å². The van der Waals surface area contributed by atoms with Gasteiger partial charge in [0.1, 0.15) is 12.4 Å². The van der Waals surface area contributed by atoms with Crippen molar-refractivity contribution in [2.24, 2.45) is 5.73 Å². The van der Waals surface area contributed by atoms with Gasteiger partial charge in [-0.05, 0) is 42.1 Å². The van der Waals surface area contributed by atoms with Crippen LogP contribution in [0.4, 0.5) is 0 Å². The van der Waals surface area contributed by atoms with Gasteiger partial charge in [0.05, 0.1) is 5.02 Å². The van der Waals surface area contributed by atoms with Crippen molar-refractivity contribution in [2.45, 2.75) is 13.0 Å². The van der Waals surface area contributed by atoms with Crippen molar-refractivity contribution in [3.8, 4) is 5.75 Å². The van der Waals surface area contributed by atoms with Crippen molar-refractivity contribution < 1.29 is 4.74 Å². The van der Waals surface area contributed by atoms with E-state index in [0.29, 0.717) is 35.4 Å². The number of ether oxygens (including phenoxy) is 1. The normalized spacial score (nSPS) is 10.6. The Hall–Kier alpha value is -0.740. The number of hydrogen-bond acceptors (Lipinski definition) is 3. The van der Waals surface area contributed by atoms with Crippen LogP contribution in [0.2, 0.25) is 10.0 Å². The first-order valence-corrected chi connectivity index (χ1v) is 7.17. The van der Waals surface area contributed by atoms with Gasteiger partial charge in [0.2, 0.25) is 0 Å². The fourth-order valence-corrected chi connectivity index (χ4v) is 2.86. The Morgan fingerprint density at radius 2 is 2.11 bits per heavy atom. The molecular formula is C13H13Cl2NOS. The zero-order chi connectivity index (χ0) is 13.0. The fourth-order valence-electron chi connectivity index (χ4n) is 1.65. The zero-order valence-corrected chi connectivity index (χ0v) is 12.0. The van der Waals surface area contributed by atoms with Gasteiger partial charge in [0, 0.05) is 9.90 Å². The van der Waals surface area contributed by atoms with Crippen molar-refractivity contribution in [3.63, 3.8) is 0 Å². The Labute approximate surface area is 120 Å². The van der Waals surface area contributed by atoms with E-state index < -0.39 is 0 Å². The van der Waals surface area contributed by atoms with Gasteiger partial charge >= 0.3 is 0 Å². The third-order valence-electron chi connectivity index (χ3n) is 2.44. The van der Waals surface area contributed by atoms with Crippen LogP contribution in [0.15, 0.2) is 29.6 Å². The highest BCUT2D eigenvalue weighted by Gasteiger charge is 2.10. The SMILES string of the molecule is NCCc1cc(Cl)cc(Cl)c1OCc1cccs1. The number of rotatable bonds is 5. The summed E-state index contributed by atoms with van der Waals surface area (Å²) in [7, 11) is 0. The van der Waals surface area contributed by atoms with Gasteiger partial charge in [-0.25, -0.2) is 0 Å². The lowest BCUT2D eigenvalue weighted by Gasteiger charge is -2.12. The maximum atomic E-state index is 6.16. The average Bonchev–Trinajstić information content (AvgIpc) is 2.81. The highest BCUT2D eigenvalue weighted by molar-refractivity contribution is 7.09. The molecule has 0 aliphatic heterocycles. The molecule has 0 aliphatic rings. The number of hydrogen-bond donors (Lipinski definition) is 1. The van der Waals surface area contributed by atoms with Gasteiger partial charge in [-0.3, -0.25) is 0 Å². The lowest BCUT2D eigenvalue weighted by molar-refractivity contribution is 0.307. The van der Waals surface area contributed by atoms with E-state index in [2.05, 4.69) is 0 Å². The predicted molar refractivity (Wildman–Crippen MR) is 77.9 cm³/mol. The zero-order valence-electron chi connectivity index (χ0n) is 9.66. The summed E-state index contributed by atoms with van der Waals surface area (Å²) in [4.78, 5) is 1.15. The van der Waals surface area contributed by atoms with Crippen LogP contribution in [0.25, 0.3) is 0 Å². The molecule has 0 amide bonds. The van der Waals surface area contributed by atoms with E-state index in [1.165, 1.54) is 0 Å². The number of nitrogens with two attached hydrogens (primary N) is 1. The van der Waals surface area contributed by atoms with Gasteiger partial charge in [0.25, 0.3) is 0 Å². The van der Waals surface area contributed by atoms with Crippen molar-refractivity contribution in [1.29, 1.82) is 0 Å². The minimum atomic E-state index is 0.511. The molecule has 18 heavy (non-hydrogen) atoms. The van der Waals surface area contributed by atoms with Crippen LogP contribution in [-0.2, 0) is 13.0 Å². The van der Waals surface area contributed by atoms with E-state index in [9.17, 15) is 0 Å². The third kappa shape index (κ3) is 3.39. The first kappa shape index (κ1) is 13.7. The number of benzene rings is 1. The Balaban J connectivity index is 2.19. The molecule has 96 valence electrons. The van der Waals surface area contributed by atoms with Crippen LogP contribution in [0, 0.1) is 0 Å². The summed E-state index contributed by atoms with van der Waals surface area (Å²) in [5, 5.41) is 3.15. The first-order valence-electron chi connectivity index (χ1n) is 5.54. The van der Waals surface area contributed by atoms with E-state index in [4.69, 9.17) is 33.7 Å². The number of thiophene rings is 1. The molecule has 0 fully saturated rings. The van der Waals surface area contributed by atoms with Crippen LogP contribution in [-0.4, -0.2) is 6.54 Å². The van der Waals surface area contributed by atoms with Crippen molar-refractivity contribution in [1.82, 2.24) is 0 Å². The first-order chi connectivity index (χ1) is 8.70. The average molecular weight is 302 g/mol. The molecule has 1 aromatic heterocycles.